The highest BCUT2D eigenvalue weighted by Gasteiger charge is 2.48. The normalized spacial score (nSPS) is 23.1. The predicted octanol–water partition coefficient (Wildman–Crippen LogP) is 1.64. The van der Waals surface area contributed by atoms with Gasteiger partial charge in [-0.05, 0) is 19.3 Å². The van der Waals surface area contributed by atoms with Gasteiger partial charge in [-0.25, -0.2) is 4.39 Å². The maximum absolute atomic E-state index is 12.6. The van der Waals surface area contributed by atoms with Crippen molar-refractivity contribution in [1.29, 1.82) is 0 Å². The van der Waals surface area contributed by atoms with Crippen LogP contribution in [0, 0.1) is 0 Å². The van der Waals surface area contributed by atoms with Gasteiger partial charge in [-0.15, -0.1) is 0 Å². The summed E-state index contributed by atoms with van der Waals surface area (Å²) in [7, 11) is 0. The number of nitrogens with one attached hydrogen (secondary N) is 1. The number of halogens is 1. The molecule has 5 heteroatoms. The molecule has 1 saturated heterocycles. The van der Waals surface area contributed by atoms with Gasteiger partial charge in [0.25, 0.3) is 0 Å². The number of alkyl halides is 1. The Labute approximate surface area is 108 Å². The molecule has 18 heavy (non-hydrogen) atoms. The fraction of sp³-hybridized carbons (Fsp3) is 0.846. The molecule has 0 spiro atoms. The van der Waals surface area contributed by atoms with Crippen molar-refractivity contribution in [2.45, 2.75) is 58.0 Å². The number of piperazine rings is 1. The molecule has 0 aromatic heterocycles. The summed E-state index contributed by atoms with van der Waals surface area (Å²) in [6.07, 6.45) is 2.45. The number of hydrogen-bond donors (Lipinski definition) is 1. The molecule has 1 aliphatic rings. The maximum Gasteiger partial charge on any atom is 0.249 e. The van der Waals surface area contributed by atoms with Crippen LogP contribution in [0.2, 0.25) is 0 Å². The van der Waals surface area contributed by atoms with Gasteiger partial charge in [-0.2, -0.15) is 0 Å². The molecule has 1 rings (SSSR count). The topological polar surface area (TPSA) is 49.4 Å². The van der Waals surface area contributed by atoms with Crippen LogP contribution in [0.1, 0.15) is 46.5 Å². The maximum atomic E-state index is 12.6. The predicted molar refractivity (Wildman–Crippen MR) is 67.8 cm³/mol. The first-order chi connectivity index (χ1) is 8.56. The van der Waals surface area contributed by atoms with E-state index >= 15 is 0 Å². The minimum Gasteiger partial charge on any atom is -0.340 e. The molecule has 4 nitrogen and oxygen atoms in total. The summed E-state index contributed by atoms with van der Waals surface area (Å²) in [5, 5.41) is 2.85. The average Bonchev–Trinajstić information content (AvgIpc) is 2.38. The van der Waals surface area contributed by atoms with Gasteiger partial charge < -0.3 is 10.2 Å². The number of hydrogen-bond acceptors (Lipinski definition) is 2. The molecular formula is C13H23FN2O2. The molecule has 0 aliphatic carbocycles. The van der Waals surface area contributed by atoms with E-state index in [1.54, 1.807) is 0 Å². The second kappa shape index (κ2) is 6.16. The van der Waals surface area contributed by atoms with Crippen molar-refractivity contribution < 1.29 is 14.0 Å². The minimum absolute atomic E-state index is 0.0126. The first-order valence-corrected chi connectivity index (χ1v) is 6.75. The van der Waals surface area contributed by atoms with E-state index in [2.05, 4.69) is 5.32 Å². The van der Waals surface area contributed by atoms with Crippen molar-refractivity contribution in [1.82, 2.24) is 10.2 Å². The first-order valence-electron chi connectivity index (χ1n) is 6.75. The summed E-state index contributed by atoms with van der Waals surface area (Å²) in [6, 6.07) is -0.510. The average molecular weight is 258 g/mol. The van der Waals surface area contributed by atoms with Gasteiger partial charge in [0.05, 0.1) is 0 Å². The number of rotatable bonds is 6. The highest BCUT2D eigenvalue weighted by Crippen LogP contribution is 2.26. The second-order valence-corrected chi connectivity index (χ2v) is 4.77. The van der Waals surface area contributed by atoms with Gasteiger partial charge in [0.15, 0.2) is 0 Å². The largest absolute Gasteiger partial charge is 0.340 e. The van der Waals surface area contributed by atoms with Crippen LogP contribution >= 0.6 is 0 Å². The Kier molecular flexibility index (Phi) is 5.11. The summed E-state index contributed by atoms with van der Waals surface area (Å²) in [5.41, 5.74) is -0.837. The number of carbonyl (C=O) groups excluding carboxylic acids is 2. The number of nitrogens with zero attached hydrogens (tertiary/aromatic N) is 1. The quantitative estimate of drug-likeness (QED) is 0.787. The Morgan fingerprint density at radius 3 is 2.33 bits per heavy atom. The van der Waals surface area contributed by atoms with Crippen LogP contribution in [0.5, 0.6) is 0 Å². The zero-order chi connectivity index (χ0) is 13.8. The Hall–Kier alpha value is -1.13. The van der Waals surface area contributed by atoms with Crippen LogP contribution in [-0.2, 0) is 9.59 Å². The molecule has 0 bridgehead atoms. The molecule has 0 aromatic carbocycles. The summed E-state index contributed by atoms with van der Waals surface area (Å²) in [5.74, 6) is -0.281. The Morgan fingerprint density at radius 2 is 1.89 bits per heavy atom. The highest BCUT2D eigenvalue weighted by molar-refractivity contribution is 5.99. The standard InChI is InChI=1S/C13H23FN2O2/c1-4-7-10-11(17)15-13(5-2,6-3)12(18)16(10)9-8-14/h10H,4-9H2,1-3H3,(H,15,17). The van der Waals surface area contributed by atoms with Gasteiger partial charge in [0.2, 0.25) is 11.8 Å². The lowest BCUT2D eigenvalue weighted by Gasteiger charge is -2.45. The molecule has 1 N–H and O–H groups in total. The SMILES string of the molecule is CCCC1C(=O)NC(CC)(CC)C(=O)N1CCF. The van der Waals surface area contributed by atoms with Crippen molar-refractivity contribution in [3.8, 4) is 0 Å². The van der Waals surface area contributed by atoms with Crippen LogP contribution in [0.15, 0.2) is 0 Å². The molecule has 1 atom stereocenters. The fourth-order valence-corrected chi connectivity index (χ4v) is 2.57. The van der Waals surface area contributed by atoms with Gasteiger partial charge in [-0.1, -0.05) is 27.2 Å². The van der Waals surface area contributed by atoms with Crippen molar-refractivity contribution in [3.63, 3.8) is 0 Å². The molecule has 2 amide bonds. The number of carbonyl (C=O) groups is 2. The molecule has 0 saturated carbocycles. The zero-order valence-electron chi connectivity index (χ0n) is 11.5. The van der Waals surface area contributed by atoms with Gasteiger partial charge in [0.1, 0.15) is 18.3 Å². The minimum atomic E-state index is -0.837. The molecule has 1 fully saturated rings. The van der Waals surface area contributed by atoms with Crippen molar-refractivity contribution in [2.75, 3.05) is 13.2 Å². The third-order valence-corrected chi connectivity index (χ3v) is 3.81. The number of amides is 2. The van der Waals surface area contributed by atoms with Crippen molar-refractivity contribution >= 4 is 11.8 Å². The first kappa shape index (κ1) is 14.9. The molecule has 1 heterocycles. The highest BCUT2D eigenvalue weighted by atomic mass is 19.1. The van der Waals surface area contributed by atoms with Crippen molar-refractivity contribution in [2.24, 2.45) is 0 Å². The summed E-state index contributed by atoms with van der Waals surface area (Å²) < 4.78 is 12.6. The third kappa shape index (κ3) is 2.49. The zero-order valence-corrected chi connectivity index (χ0v) is 11.5. The van der Waals surface area contributed by atoms with Crippen LogP contribution < -0.4 is 5.32 Å². The molecule has 1 unspecified atom stereocenters. The molecular weight excluding hydrogens is 235 g/mol. The van der Waals surface area contributed by atoms with E-state index in [0.717, 1.165) is 6.42 Å². The Balaban J connectivity index is 3.03. The van der Waals surface area contributed by atoms with E-state index in [-0.39, 0.29) is 18.4 Å². The van der Waals surface area contributed by atoms with Crippen molar-refractivity contribution in [3.05, 3.63) is 0 Å². The van der Waals surface area contributed by atoms with Gasteiger partial charge >= 0.3 is 0 Å². The lowest BCUT2D eigenvalue weighted by molar-refractivity contribution is -0.156. The fourth-order valence-electron chi connectivity index (χ4n) is 2.57. The smallest absolute Gasteiger partial charge is 0.249 e. The third-order valence-electron chi connectivity index (χ3n) is 3.81. The Morgan fingerprint density at radius 1 is 1.28 bits per heavy atom. The van der Waals surface area contributed by atoms with E-state index < -0.39 is 18.3 Å². The van der Waals surface area contributed by atoms with Crippen LogP contribution in [0.4, 0.5) is 4.39 Å². The molecule has 1 aliphatic heterocycles. The van der Waals surface area contributed by atoms with E-state index in [0.29, 0.717) is 19.3 Å². The molecule has 0 aromatic rings. The lowest BCUT2D eigenvalue weighted by atomic mass is 9.86. The van der Waals surface area contributed by atoms with E-state index in [1.165, 1.54) is 4.90 Å². The summed E-state index contributed by atoms with van der Waals surface area (Å²) >= 11 is 0. The molecule has 104 valence electrons. The summed E-state index contributed by atoms with van der Waals surface area (Å²) in [4.78, 5) is 26.0. The molecule has 0 radical (unpaired) electrons. The van der Waals surface area contributed by atoms with Gasteiger partial charge in [-0.3, -0.25) is 9.59 Å². The van der Waals surface area contributed by atoms with E-state index in [4.69, 9.17) is 0 Å². The monoisotopic (exact) mass is 258 g/mol. The Bertz CT molecular complexity index is 316. The van der Waals surface area contributed by atoms with Crippen LogP contribution in [0.25, 0.3) is 0 Å². The van der Waals surface area contributed by atoms with Crippen LogP contribution in [-0.4, -0.2) is 41.5 Å². The van der Waals surface area contributed by atoms with E-state index in [9.17, 15) is 14.0 Å². The van der Waals surface area contributed by atoms with E-state index in [1.807, 2.05) is 20.8 Å². The lowest BCUT2D eigenvalue weighted by Crippen LogP contribution is -2.70. The second-order valence-electron chi connectivity index (χ2n) is 4.77. The van der Waals surface area contributed by atoms with Gasteiger partial charge in [0, 0.05) is 6.54 Å². The summed E-state index contributed by atoms with van der Waals surface area (Å²) in [6.45, 7) is 5.10. The van der Waals surface area contributed by atoms with Crippen LogP contribution in [0.3, 0.4) is 0 Å².